The lowest BCUT2D eigenvalue weighted by molar-refractivity contribution is 1.65. The van der Waals surface area contributed by atoms with Crippen LogP contribution in [0.15, 0.2) is 206 Å². The Labute approximate surface area is 354 Å². The smallest absolute Gasteiger partial charge is 0.0434 e. The molecule has 0 fully saturated rings. The van der Waals surface area contributed by atoms with Gasteiger partial charge in [-0.15, -0.1) is 22.7 Å². The number of rotatable bonds is 4. The molecule has 0 bridgehead atoms. The molecule has 2 heteroatoms. The third kappa shape index (κ3) is 4.90. The Balaban J connectivity index is 1.07. The van der Waals surface area contributed by atoms with E-state index in [-0.39, 0.29) is 0 Å². The summed E-state index contributed by atoms with van der Waals surface area (Å²) >= 11 is 3.81. The highest BCUT2D eigenvalue weighted by Gasteiger charge is 2.22. The van der Waals surface area contributed by atoms with Gasteiger partial charge in [0.05, 0.1) is 0 Å². The first-order valence-electron chi connectivity index (χ1n) is 20.6. The minimum atomic E-state index is 1.22. The van der Waals surface area contributed by atoms with Gasteiger partial charge < -0.3 is 0 Å². The summed E-state index contributed by atoms with van der Waals surface area (Å²) in [7, 11) is 0. The Morgan fingerprint density at radius 3 is 0.867 bits per heavy atom. The van der Waals surface area contributed by atoms with Crippen LogP contribution in [0.1, 0.15) is 0 Å². The molecule has 60 heavy (non-hydrogen) atoms. The highest BCUT2D eigenvalue weighted by molar-refractivity contribution is 7.26. The standard InChI is InChI=1S/C58H34S2/c1-5-24-43-39(20-1)53(40-21-2-6-25-44(40)55(43)49-30-14-28-47-37-18-9-11-32-51(37)59-57(47)49)35-16-13-17-36(34-35)54-41-22-3-7-26-45(41)56(46-27-8-4-23-42(46)54)50-31-15-29-48-38-19-10-12-33-52(38)60-58(48)50/h1-34H. The second-order valence-corrected chi connectivity index (χ2v) is 17.9. The number of benzene rings is 11. The van der Waals surface area contributed by atoms with Crippen LogP contribution in [0.25, 0.3) is 128 Å². The average molecular weight is 795 g/mol. The van der Waals surface area contributed by atoms with Crippen LogP contribution in [0, 0.1) is 0 Å². The van der Waals surface area contributed by atoms with Crippen LogP contribution in [0.2, 0.25) is 0 Å². The molecule has 0 atom stereocenters. The van der Waals surface area contributed by atoms with Crippen LogP contribution in [0.3, 0.4) is 0 Å². The van der Waals surface area contributed by atoms with Crippen LogP contribution >= 0.6 is 22.7 Å². The van der Waals surface area contributed by atoms with Crippen molar-refractivity contribution in [2.24, 2.45) is 0 Å². The van der Waals surface area contributed by atoms with Crippen LogP contribution in [0.5, 0.6) is 0 Å². The Hall–Kier alpha value is -7.10. The lowest BCUT2D eigenvalue weighted by Crippen LogP contribution is -1.93. The Bertz CT molecular complexity index is 3530. The number of thiophene rings is 2. The lowest BCUT2D eigenvalue weighted by Gasteiger charge is -2.20. The van der Waals surface area contributed by atoms with Crippen molar-refractivity contribution in [3.8, 4) is 44.5 Å². The van der Waals surface area contributed by atoms with Crippen LogP contribution < -0.4 is 0 Å². The molecule has 13 aromatic rings. The molecule has 0 N–H and O–H groups in total. The predicted molar refractivity (Wildman–Crippen MR) is 264 cm³/mol. The number of fused-ring (bicyclic) bond motifs is 10. The fourth-order valence-corrected chi connectivity index (χ4v) is 12.6. The molecule has 0 spiro atoms. The van der Waals surface area contributed by atoms with Crippen LogP contribution in [-0.4, -0.2) is 0 Å². The van der Waals surface area contributed by atoms with Gasteiger partial charge in [0.25, 0.3) is 0 Å². The summed E-state index contributed by atoms with van der Waals surface area (Å²) < 4.78 is 5.34. The summed E-state index contributed by atoms with van der Waals surface area (Å²) in [4.78, 5) is 0. The summed E-state index contributed by atoms with van der Waals surface area (Å²) in [5.74, 6) is 0. The summed E-state index contributed by atoms with van der Waals surface area (Å²) in [6, 6.07) is 76.9. The first kappa shape index (κ1) is 33.8. The van der Waals surface area contributed by atoms with E-state index in [2.05, 4.69) is 206 Å². The normalized spacial score (nSPS) is 12.0. The lowest BCUT2D eigenvalue weighted by atomic mass is 9.83. The van der Waals surface area contributed by atoms with Crippen LogP contribution in [-0.2, 0) is 0 Å². The van der Waals surface area contributed by atoms with Gasteiger partial charge >= 0.3 is 0 Å². The van der Waals surface area contributed by atoms with E-state index in [1.54, 1.807) is 0 Å². The molecule has 2 aromatic heterocycles. The molecule has 0 amide bonds. The van der Waals surface area contributed by atoms with Gasteiger partial charge in [-0.3, -0.25) is 0 Å². The van der Waals surface area contributed by atoms with E-state index in [0.717, 1.165) is 0 Å². The molecule has 278 valence electrons. The van der Waals surface area contributed by atoms with Gasteiger partial charge in [-0.2, -0.15) is 0 Å². The van der Waals surface area contributed by atoms with Gasteiger partial charge in [-0.25, -0.2) is 0 Å². The van der Waals surface area contributed by atoms with E-state index in [1.165, 1.54) is 128 Å². The van der Waals surface area contributed by atoms with Crippen molar-refractivity contribution in [3.63, 3.8) is 0 Å². The maximum atomic E-state index is 2.45. The van der Waals surface area contributed by atoms with Crippen molar-refractivity contribution in [2.75, 3.05) is 0 Å². The monoisotopic (exact) mass is 794 g/mol. The predicted octanol–water partition coefficient (Wildman–Crippen LogP) is 17.7. The summed E-state index contributed by atoms with van der Waals surface area (Å²) in [6.07, 6.45) is 0. The van der Waals surface area contributed by atoms with Crippen LogP contribution in [0.4, 0.5) is 0 Å². The van der Waals surface area contributed by atoms with Gasteiger partial charge in [-0.05, 0) is 94.7 Å². The van der Waals surface area contributed by atoms with E-state index in [9.17, 15) is 0 Å². The van der Waals surface area contributed by atoms with Gasteiger partial charge in [0.1, 0.15) is 0 Å². The van der Waals surface area contributed by atoms with E-state index in [4.69, 9.17) is 0 Å². The van der Waals surface area contributed by atoms with E-state index >= 15 is 0 Å². The maximum absolute atomic E-state index is 2.45. The zero-order valence-corrected chi connectivity index (χ0v) is 34.1. The second-order valence-electron chi connectivity index (χ2n) is 15.8. The topological polar surface area (TPSA) is 0 Å². The molecular weight excluding hydrogens is 761 g/mol. The molecule has 0 saturated heterocycles. The Morgan fingerprint density at radius 2 is 0.500 bits per heavy atom. The fourth-order valence-electron chi connectivity index (χ4n) is 10.2. The van der Waals surface area contributed by atoms with E-state index < -0.39 is 0 Å². The number of hydrogen-bond donors (Lipinski definition) is 0. The molecule has 0 aliphatic heterocycles. The fraction of sp³-hybridized carbons (Fsp3) is 0. The highest BCUT2D eigenvalue weighted by atomic mass is 32.1. The van der Waals surface area contributed by atoms with Crippen molar-refractivity contribution in [1.82, 2.24) is 0 Å². The zero-order chi connectivity index (χ0) is 39.3. The molecule has 11 aromatic carbocycles. The molecule has 13 rings (SSSR count). The molecule has 0 radical (unpaired) electrons. The molecule has 0 aliphatic rings. The summed E-state index contributed by atoms with van der Waals surface area (Å²) in [5.41, 5.74) is 10.2. The van der Waals surface area contributed by atoms with Crippen molar-refractivity contribution in [2.45, 2.75) is 0 Å². The molecular formula is C58H34S2. The van der Waals surface area contributed by atoms with E-state index in [0.29, 0.717) is 0 Å². The Morgan fingerprint density at radius 1 is 0.217 bits per heavy atom. The first-order chi connectivity index (χ1) is 29.8. The Kier molecular flexibility index (Phi) is 7.45. The second kappa shape index (κ2) is 13.2. The van der Waals surface area contributed by atoms with Gasteiger partial charge in [0.15, 0.2) is 0 Å². The van der Waals surface area contributed by atoms with Gasteiger partial charge in [0.2, 0.25) is 0 Å². The largest absolute Gasteiger partial charge is 0.135 e. The third-order valence-electron chi connectivity index (χ3n) is 12.7. The van der Waals surface area contributed by atoms with Crippen molar-refractivity contribution >= 4 is 106 Å². The molecule has 0 nitrogen and oxygen atoms in total. The molecule has 0 aliphatic carbocycles. The van der Waals surface area contributed by atoms with Crippen molar-refractivity contribution in [1.29, 1.82) is 0 Å². The minimum Gasteiger partial charge on any atom is -0.135 e. The highest BCUT2D eigenvalue weighted by Crippen LogP contribution is 2.50. The summed E-state index contributed by atoms with van der Waals surface area (Å²) in [6.45, 7) is 0. The zero-order valence-electron chi connectivity index (χ0n) is 32.4. The molecule has 0 unspecified atom stereocenters. The minimum absolute atomic E-state index is 1.22. The van der Waals surface area contributed by atoms with Gasteiger partial charge in [0, 0.05) is 51.5 Å². The molecule has 0 saturated carbocycles. The third-order valence-corrected chi connectivity index (χ3v) is 15.1. The van der Waals surface area contributed by atoms with E-state index in [1.807, 2.05) is 22.7 Å². The number of hydrogen-bond acceptors (Lipinski definition) is 2. The summed E-state index contributed by atoms with van der Waals surface area (Å²) in [5, 5.41) is 15.5. The quantitative estimate of drug-likeness (QED) is 0.156. The van der Waals surface area contributed by atoms with Crippen molar-refractivity contribution in [3.05, 3.63) is 206 Å². The van der Waals surface area contributed by atoms with Gasteiger partial charge in [-0.1, -0.05) is 188 Å². The maximum Gasteiger partial charge on any atom is 0.0434 e. The van der Waals surface area contributed by atoms with Crippen molar-refractivity contribution < 1.29 is 0 Å². The average Bonchev–Trinajstić information content (AvgIpc) is 3.89. The SMILES string of the molecule is c1cc(-c2c3ccccc3c(-c3cccc4c3sc3ccccc34)c3ccccc23)cc(-c2c3ccccc3c(-c3cccc4c3sc3ccccc34)c3ccccc23)c1. The molecule has 2 heterocycles. The first-order valence-corrected chi connectivity index (χ1v) is 22.2.